The van der Waals surface area contributed by atoms with Gasteiger partial charge in [0.25, 0.3) is 11.8 Å². The first-order chi connectivity index (χ1) is 13.4. The number of benzene rings is 1. The highest BCUT2D eigenvalue weighted by Crippen LogP contribution is 2.38. The molecule has 0 aliphatic carbocycles. The highest BCUT2D eigenvalue weighted by molar-refractivity contribution is 5.90. The van der Waals surface area contributed by atoms with Gasteiger partial charge in [0.15, 0.2) is 5.60 Å². The van der Waals surface area contributed by atoms with Crippen molar-refractivity contribution < 1.29 is 19.5 Å². The number of hydrogen-bond acceptors (Lipinski definition) is 6. The summed E-state index contributed by atoms with van der Waals surface area (Å²) in [4.78, 5) is 35.2. The van der Waals surface area contributed by atoms with Gasteiger partial charge < -0.3 is 20.6 Å². The van der Waals surface area contributed by atoms with Crippen molar-refractivity contribution in [1.29, 1.82) is 0 Å². The number of rotatable bonds is 4. The van der Waals surface area contributed by atoms with Crippen LogP contribution in [0.3, 0.4) is 0 Å². The number of nitrogens with zero attached hydrogens (tertiary/aromatic N) is 2. The fourth-order valence-corrected chi connectivity index (χ4v) is 3.67. The second kappa shape index (κ2) is 6.43. The van der Waals surface area contributed by atoms with Crippen molar-refractivity contribution in [3.05, 3.63) is 77.3 Å². The molecule has 8 heteroatoms. The molecule has 4 rings (SSSR count). The van der Waals surface area contributed by atoms with Gasteiger partial charge in [0.2, 0.25) is 0 Å². The first kappa shape index (κ1) is 18.1. The highest BCUT2D eigenvalue weighted by atomic mass is 16.6. The van der Waals surface area contributed by atoms with Crippen LogP contribution in [0.25, 0.3) is 0 Å². The minimum absolute atomic E-state index is 0.126. The Morgan fingerprint density at radius 2 is 2.04 bits per heavy atom. The molecule has 1 unspecified atom stereocenters. The number of carbonyl (C=O) groups is 2. The van der Waals surface area contributed by atoms with Gasteiger partial charge in [0.05, 0.1) is 5.69 Å². The van der Waals surface area contributed by atoms with E-state index in [2.05, 4.69) is 10.5 Å². The normalized spacial score (nSPS) is 26.5. The van der Waals surface area contributed by atoms with E-state index in [4.69, 9.17) is 10.6 Å². The number of carbonyl (C=O) groups excluding carboxylic acids is 2. The lowest BCUT2D eigenvalue weighted by atomic mass is 9.83. The number of pyridine rings is 1. The van der Waals surface area contributed by atoms with Crippen LogP contribution in [0.4, 0.5) is 0 Å². The van der Waals surface area contributed by atoms with Crippen LogP contribution in [-0.4, -0.2) is 40.4 Å². The summed E-state index contributed by atoms with van der Waals surface area (Å²) in [5.41, 5.74) is 7.53. The van der Waals surface area contributed by atoms with E-state index >= 15 is 0 Å². The van der Waals surface area contributed by atoms with E-state index in [-0.39, 0.29) is 11.6 Å². The Balaban J connectivity index is 1.82. The molecule has 1 aromatic heterocycles. The van der Waals surface area contributed by atoms with Gasteiger partial charge in [-0.05, 0) is 35.4 Å². The third-order valence-corrected chi connectivity index (χ3v) is 5.32. The van der Waals surface area contributed by atoms with Crippen molar-refractivity contribution in [3.63, 3.8) is 0 Å². The number of aromatic nitrogens is 1. The molecule has 144 valence electrons. The number of primary amides is 1. The van der Waals surface area contributed by atoms with Crippen molar-refractivity contribution in [3.8, 4) is 0 Å². The summed E-state index contributed by atoms with van der Waals surface area (Å²) in [6, 6.07) is 12.0. The first-order valence-corrected chi connectivity index (χ1v) is 8.84. The van der Waals surface area contributed by atoms with Crippen molar-refractivity contribution in [2.24, 2.45) is 5.73 Å². The molecule has 2 aliphatic heterocycles. The summed E-state index contributed by atoms with van der Waals surface area (Å²) in [6.45, 7) is 0.480. The van der Waals surface area contributed by atoms with E-state index in [0.29, 0.717) is 29.8 Å². The fourth-order valence-electron chi connectivity index (χ4n) is 3.67. The number of likely N-dealkylation sites (tertiary alicyclic amines) is 1. The molecule has 0 spiro atoms. The molecule has 2 aromatic rings. The molecular formula is C20H20N4O4. The molecule has 4 N–H and O–H groups in total. The average Bonchev–Trinajstić information content (AvgIpc) is 3.31. The number of nitrogens with two attached hydrogens (primary N) is 1. The fraction of sp³-hybridized carbons (Fsp3) is 0.250. The Bertz CT molecular complexity index is 992. The largest absolute Gasteiger partial charge is 0.415 e. The minimum Gasteiger partial charge on any atom is -0.415 e. The molecule has 0 saturated carbocycles. The van der Waals surface area contributed by atoms with E-state index in [9.17, 15) is 14.7 Å². The zero-order chi connectivity index (χ0) is 19.9. The van der Waals surface area contributed by atoms with Crippen molar-refractivity contribution >= 4 is 11.8 Å². The van der Waals surface area contributed by atoms with Crippen LogP contribution in [0.15, 0.2) is 54.8 Å². The molecule has 8 nitrogen and oxygen atoms in total. The lowest BCUT2D eigenvalue weighted by Crippen LogP contribution is -2.40. The number of amides is 2. The maximum absolute atomic E-state index is 12.5. The standard InChI is InChI=1S/C20H20N4O4/c1-24-10-8-20(27,18(24)26)14-5-2-4-13(12-14)19(9-11-28-23-19)16-7-3-6-15(22-16)17(21)25/h2-7,9,11-12,23,27H,8,10H2,1H3,(H2,21,25)/t19-,20?/m0/s1. The Labute approximate surface area is 161 Å². The molecule has 2 atom stereocenters. The third kappa shape index (κ3) is 2.65. The molecular weight excluding hydrogens is 360 g/mol. The predicted octanol–water partition coefficient (Wildman–Crippen LogP) is 0.522. The van der Waals surface area contributed by atoms with E-state index in [0.717, 1.165) is 0 Å². The molecule has 1 saturated heterocycles. The summed E-state index contributed by atoms with van der Waals surface area (Å²) in [6.07, 6.45) is 3.55. The van der Waals surface area contributed by atoms with Crippen molar-refractivity contribution in [1.82, 2.24) is 15.4 Å². The number of nitrogens with one attached hydrogen (secondary N) is 1. The number of aliphatic hydroxyl groups is 1. The lowest BCUT2D eigenvalue weighted by molar-refractivity contribution is -0.143. The predicted molar refractivity (Wildman–Crippen MR) is 99.5 cm³/mol. The van der Waals surface area contributed by atoms with Gasteiger partial charge >= 0.3 is 0 Å². The SMILES string of the molecule is CN1CCC(O)(c2cccc([C@]3(c4cccc(C(N)=O)n4)C=CON3)c2)C1=O. The second-order valence-electron chi connectivity index (χ2n) is 7.02. The van der Waals surface area contributed by atoms with Crippen molar-refractivity contribution in [2.45, 2.75) is 17.6 Å². The molecule has 3 heterocycles. The second-order valence-corrected chi connectivity index (χ2v) is 7.02. The number of likely N-dealkylation sites (N-methyl/N-ethyl adjacent to an activating group) is 1. The lowest BCUT2D eigenvalue weighted by Gasteiger charge is -2.29. The first-order valence-electron chi connectivity index (χ1n) is 8.84. The van der Waals surface area contributed by atoms with E-state index in [1.165, 1.54) is 17.2 Å². The average molecular weight is 380 g/mol. The molecule has 2 aliphatic rings. The molecule has 0 bridgehead atoms. The number of hydrogen-bond donors (Lipinski definition) is 3. The monoisotopic (exact) mass is 380 g/mol. The van der Waals surface area contributed by atoms with E-state index in [1.807, 2.05) is 6.07 Å². The van der Waals surface area contributed by atoms with E-state index < -0.39 is 17.0 Å². The summed E-state index contributed by atoms with van der Waals surface area (Å²) >= 11 is 0. The van der Waals surface area contributed by atoms with Crippen LogP contribution in [-0.2, 0) is 20.8 Å². The van der Waals surface area contributed by atoms with Crippen LogP contribution in [0.2, 0.25) is 0 Å². The van der Waals surface area contributed by atoms with Gasteiger partial charge in [-0.15, -0.1) is 5.48 Å². The quantitative estimate of drug-likeness (QED) is 0.712. The Morgan fingerprint density at radius 3 is 2.68 bits per heavy atom. The van der Waals surface area contributed by atoms with Gasteiger partial charge in [-0.2, -0.15) is 0 Å². The maximum Gasteiger partial charge on any atom is 0.267 e. The van der Waals surface area contributed by atoms with Crippen LogP contribution < -0.4 is 11.2 Å². The topological polar surface area (TPSA) is 118 Å². The summed E-state index contributed by atoms with van der Waals surface area (Å²) in [5, 5.41) is 11.0. The molecule has 2 amide bonds. The number of hydroxylamine groups is 1. The minimum atomic E-state index is -1.57. The van der Waals surface area contributed by atoms with Gasteiger partial charge in [-0.1, -0.05) is 24.3 Å². The summed E-state index contributed by atoms with van der Waals surface area (Å²) < 4.78 is 0. The zero-order valence-corrected chi connectivity index (χ0v) is 15.3. The van der Waals surface area contributed by atoms with Gasteiger partial charge in [0, 0.05) is 20.0 Å². The molecule has 1 aromatic carbocycles. The Kier molecular flexibility index (Phi) is 4.17. The van der Waals surface area contributed by atoms with Crippen molar-refractivity contribution in [2.75, 3.05) is 13.6 Å². The summed E-state index contributed by atoms with van der Waals surface area (Å²) in [5.74, 6) is -0.971. The van der Waals surface area contributed by atoms with Gasteiger partial charge in [-0.3, -0.25) is 9.59 Å². The van der Waals surface area contributed by atoms with Crippen LogP contribution in [0.5, 0.6) is 0 Å². The molecule has 28 heavy (non-hydrogen) atoms. The molecule has 1 fully saturated rings. The zero-order valence-electron chi connectivity index (χ0n) is 15.3. The van der Waals surface area contributed by atoms with Crippen LogP contribution in [0, 0.1) is 0 Å². The maximum atomic E-state index is 12.5. The summed E-state index contributed by atoms with van der Waals surface area (Å²) in [7, 11) is 1.67. The van der Waals surface area contributed by atoms with Gasteiger partial charge in [0.1, 0.15) is 17.5 Å². The Hall–Kier alpha value is -3.23. The third-order valence-electron chi connectivity index (χ3n) is 5.32. The molecule has 0 radical (unpaired) electrons. The van der Waals surface area contributed by atoms with Crippen LogP contribution in [0.1, 0.15) is 33.7 Å². The van der Waals surface area contributed by atoms with Gasteiger partial charge in [-0.25, -0.2) is 4.98 Å². The highest BCUT2D eigenvalue weighted by Gasteiger charge is 2.46. The Morgan fingerprint density at radius 1 is 1.29 bits per heavy atom. The van der Waals surface area contributed by atoms with E-state index in [1.54, 1.807) is 43.5 Å². The van der Waals surface area contributed by atoms with Crippen LogP contribution >= 0.6 is 0 Å². The smallest absolute Gasteiger partial charge is 0.267 e.